The highest BCUT2D eigenvalue weighted by Gasteiger charge is 2.20. The van der Waals surface area contributed by atoms with Gasteiger partial charge >= 0.3 is 6.09 Å². The highest BCUT2D eigenvalue weighted by Crippen LogP contribution is 2.18. The average molecular weight is 325 g/mol. The van der Waals surface area contributed by atoms with Crippen molar-refractivity contribution in [2.45, 2.75) is 20.3 Å². The smallest absolute Gasteiger partial charge is 0.410 e. The number of nitrogens with one attached hydrogen (secondary N) is 1. The molecule has 3 N–H and O–H groups in total. The van der Waals surface area contributed by atoms with Crippen LogP contribution in [0.4, 0.5) is 10.5 Å². The molecule has 0 spiro atoms. The lowest BCUT2D eigenvalue weighted by molar-refractivity contribution is -0.384. The Balaban J connectivity index is 2.36. The lowest BCUT2D eigenvalue weighted by Crippen LogP contribution is -2.38. The zero-order chi connectivity index (χ0) is 17.3. The molecule has 1 aromatic rings. The molecular weight excluding hydrogens is 302 g/mol. The summed E-state index contributed by atoms with van der Waals surface area (Å²) in [4.78, 5) is 21.8. The minimum absolute atomic E-state index is 0.0616. The molecule has 0 bridgehead atoms. The fourth-order valence-corrected chi connectivity index (χ4v) is 1.68. The van der Waals surface area contributed by atoms with E-state index >= 15 is 0 Å². The Morgan fingerprint density at radius 3 is 2.57 bits per heavy atom. The molecule has 0 aromatic heterocycles. The molecule has 0 heterocycles. The van der Waals surface area contributed by atoms with E-state index in [9.17, 15) is 14.9 Å². The van der Waals surface area contributed by atoms with Crippen molar-refractivity contribution in [1.82, 2.24) is 5.32 Å². The van der Waals surface area contributed by atoms with Gasteiger partial charge in [-0.05, 0) is 25.1 Å². The normalized spacial score (nSPS) is 11.1. The van der Waals surface area contributed by atoms with Crippen molar-refractivity contribution in [2.75, 3.05) is 26.3 Å². The third-order valence-corrected chi connectivity index (χ3v) is 2.95. The maximum atomic E-state index is 11.7. The molecule has 1 rings (SSSR count). The van der Waals surface area contributed by atoms with Gasteiger partial charge in [0.2, 0.25) is 0 Å². The first-order valence-electron chi connectivity index (χ1n) is 7.32. The van der Waals surface area contributed by atoms with E-state index in [2.05, 4.69) is 5.32 Å². The first-order chi connectivity index (χ1) is 10.8. The van der Waals surface area contributed by atoms with E-state index in [1.807, 2.05) is 13.8 Å². The summed E-state index contributed by atoms with van der Waals surface area (Å²) in [6, 6.07) is 5.30. The second-order valence-electron chi connectivity index (χ2n) is 5.85. The van der Waals surface area contributed by atoms with Gasteiger partial charge in [-0.1, -0.05) is 13.8 Å². The molecule has 128 valence electrons. The number of hydrogen-bond donors (Lipinski definition) is 2. The van der Waals surface area contributed by atoms with Gasteiger partial charge in [0.1, 0.15) is 5.75 Å². The van der Waals surface area contributed by atoms with Gasteiger partial charge in [-0.3, -0.25) is 10.1 Å². The number of nitro groups is 1. The van der Waals surface area contributed by atoms with E-state index in [-0.39, 0.29) is 16.9 Å². The topological polar surface area (TPSA) is 117 Å². The lowest BCUT2D eigenvalue weighted by atomic mass is 9.95. The summed E-state index contributed by atoms with van der Waals surface area (Å²) >= 11 is 0. The fraction of sp³-hybridized carbons (Fsp3) is 0.533. The predicted molar refractivity (Wildman–Crippen MR) is 85.4 cm³/mol. The first kappa shape index (κ1) is 18.9. The van der Waals surface area contributed by atoms with Crippen molar-refractivity contribution in [3.05, 3.63) is 34.4 Å². The van der Waals surface area contributed by atoms with E-state index in [0.29, 0.717) is 26.3 Å². The number of amides is 1. The molecule has 0 radical (unpaired) electrons. The maximum Gasteiger partial charge on any atom is 0.412 e. The molecule has 1 aromatic carbocycles. The molecule has 0 saturated heterocycles. The molecule has 23 heavy (non-hydrogen) atoms. The number of benzene rings is 1. The summed E-state index contributed by atoms with van der Waals surface area (Å²) in [5.74, 6) is 0.241. The monoisotopic (exact) mass is 325 g/mol. The van der Waals surface area contributed by atoms with Crippen LogP contribution >= 0.6 is 0 Å². The number of nitrogens with zero attached hydrogens (tertiary/aromatic N) is 1. The zero-order valence-electron chi connectivity index (χ0n) is 13.4. The van der Waals surface area contributed by atoms with E-state index in [1.54, 1.807) is 0 Å². The van der Waals surface area contributed by atoms with E-state index in [0.717, 1.165) is 6.42 Å². The van der Waals surface area contributed by atoms with Gasteiger partial charge in [0, 0.05) is 30.7 Å². The molecule has 8 nitrogen and oxygen atoms in total. The molecule has 1 amide bonds. The Kier molecular flexibility index (Phi) is 7.43. The Morgan fingerprint density at radius 1 is 1.35 bits per heavy atom. The van der Waals surface area contributed by atoms with Gasteiger partial charge in [0.15, 0.2) is 0 Å². The first-order valence-corrected chi connectivity index (χ1v) is 7.32. The number of carbonyl (C=O) groups is 1. The minimum atomic E-state index is -0.617. The molecular formula is C15H23N3O5. The van der Waals surface area contributed by atoms with E-state index in [4.69, 9.17) is 15.2 Å². The van der Waals surface area contributed by atoms with Crippen LogP contribution in [0.15, 0.2) is 24.3 Å². The molecule has 0 atom stereocenters. The molecule has 8 heteroatoms. The van der Waals surface area contributed by atoms with Crippen LogP contribution in [0.5, 0.6) is 5.75 Å². The van der Waals surface area contributed by atoms with Crippen LogP contribution in [0.3, 0.4) is 0 Å². The Hall–Kier alpha value is -2.19. The van der Waals surface area contributed by atoms with Crippen LogP contribution in [0.1, 0.15) is 20.3 Å². The molecule has 0 aliphatic heterocycles. The third-order valence-electron chi connectivity index (χ3n) is 2.95. The van der Waals surface area contributed by atoms with E-state index < -0.39 is 11.0 Å². The second-order valence-corrected chi connectivity index (χ2v) is 5.85. The summed E-state index contributed by atoms with van der Waals surface area (Å²) in [6.45, 7) is 5.96. The highest BCUT2D eigenvalue weighted by atomic mass is 16.6. The fourth-order valence-electron chi connectivity index (χ4n) is 1.68. The number of rotatable bonds is 9. The average Bonchev–Trinajstić information content (AvgIpc) is 2.50. The van der Waals surface area contributed by atoms with E-state index in [1.165, 1.54) is 24.3 Å². The number of non-ortho nitro benzene ring substituents is 1. The van der Waals surface area contributed by atoms with Gasteiger partial charge in [0.25, 0.3) is 5.69 Å². The molecule has 0 aliphatic carbocycles. The summed E-state index contributed by atoms with van der Waals surface area (Å²) in [6.07, 6.45) is 0.181. The van der Waals surface area contributed by atoms with Gasteiger partial charge in [-0.15, -0.1) is 0 Å². The third kappa shape index (κ3) is 7.57. The molecule has 0 saturated carbocycles. The number of nitrogens with two attached hydrogens (primary N) is 1. The van der Waals surface area contributed by atoms with Gasteiger partial charge in [-0.2, -0.15) is 0 Å². The van der Waals surface area contributed by atoms with Crippen molar-refractivity contribution in [3.63, 3.8) is 0 Å². The number of ether oxygens (including phenoxy) is 2. The highest BCUT2D eigenvalue weighted by molar-refractivity contribution is 5.70. The lowest BCUT2D eigenvalue weighted by Gasteiger charge is -2.24. The largest absolute Gasteiger partial charge is 0.412 e. The summed E-state index contributed by atoms with van der Waals surface area (Å²) in [5, 5.41) is 13.2. The number of carbonyl (C=O) groups excluding carboxylic acids is 1. The quantitative estimate of drug-likeness (QED) is 0.408. The Bertz CT molecular complexity index is 516. The second kappa shape index (κ2) is 9.06. The van der Waals surface area contributed by atoms with Crippen LogP contribution < -0.4 is 15.8 Å². The van der Waals surface area contributed by atoms with Crippen molar-refractivity contribution >= 4 is 11.8 Å². The maximum absolute atomic E-state index is 11.7. The van der Waals surface area contributed by atoms with Crippen molar-refractivity contribution in [2.24, 2.45) is 11.1 Å². The van der Waals surface area contributed by atoms with Crippen molar-refractivity contribution in [1.29, 1.82) is 0 Å². The Labute approximate surface area is 135 Å². The summed E-state index contributed by atoms with van der Waals surface area (Å²) < 4.78 is 10.5. The minimum Gasteiger partial charge on any atom is -0.410 e. The summed E-state index contributed by atoms with van der Waals surface area (Å²) in [7, 11) is 0. The SMILES string of the molecule is CC(C)(CNC(=O)Oc1ccc([N+](=O)[O-])cc1)COCCCN. The number of hydrogen-bond acceptors (Lipinski definition) is 6. The summed E-state index contributed by atoms with van der Waals surface area (Å²) in [5.41, 5.74) is 5.08. The van der Waals surface area contributed by atoms with Crippen LogP contribution in [-0.4, -0.2) is 37.3 Å². The van der Waals surface area contributed by atoms with Gasteiger partial charge in [0.05, 0.1) is 11.5 Å². The zero-order valence-corrected chi connectivity index (χ0v) is 13.4. The molecule has 0 fully saturated rings. The van der Waals surface area contributed by atoms with Crippen LogP contribution in [0.2, 0.25) is 0 Å². The molecule has 0 unspecified atom stereocenters. The Morgan fingerprint density at radius 2 is 2.00 bits per heavy atom. The van der Waals surface area contributed by atoms with Crippen molar-refractivity contribution in [3.8, 4) is 5.75 Å². The number of nitro benzene ring substituents is 1. The van der Waals surface area contributed by atoms with Gasteiger partial charge in [-0.25, -0.2) is 4.79 Å². The van der Waals surface area contributed by atoms with Crippen molar-refractivity contribution < 1.29 is 19.2 Å². The predicted octanol–water partition coefficient (Wildman–Crippen LogP) is 2.07. The molecule has 0 aliphatic rings. The standard InChI is InChI=1S/C15H23N3O5/c1-15(2,11-22-9-3-8-16)10-17-14(19)23-13-6-4-12(5-7-13)18(20)21/h4-7H,3,8-11,16H2,1-2H3,(H,17,19). The van der Waals surface area contributed by atoms with Crippen LogP contribution in [-0.2, 0) is 4.74 Å². The van der Waals surface area contributed by atoms with Crippen LogP contribution in [0.25, 0.3) is 0 Å². The van der Waals surface area contributed by atoms with Gasteiger partial charge < -0.3 is 20.5 Å². The van der Waals surface area contributed by atoms with Crippen LogP contribution in [0, 0.1) is 15.5 Å².